The van der Waals surface area contributed by atoms with Gasteiger partial charge in [0.15, 0.2) is 0 Å². The van der Waals surface area contributed by atoms with Gasteiger partial charge in [0.05, 0.1) is 6.61 Å². The van der Waals surface area contributed by atoms with Crippen molar-refractivity contribution in [2.24, 2.45) is 0 Å². The highest BCUT2D eigenvalue weighted by molar-refractivity contribution is 5.69. The highest BCUT2D eigenvalue weighted by Crippen LogP contribution is 2.09. The lowest BCUT2D eigenvalue weighted by Gasteiger charge is -2.04. The second-order valence-corrected chi connectivity index (χ2v) is 4.02. The molecule has 0 aliphatic carbocycles. The molecule has 1 N–H and O–H groups in total. The molecule has 0 spiro atoms. The fourth-order valence-corrected chi connectivity index (χ4v) is 1.60. The van der Waals surface area contributed by atoms with Gasteiger partial charge in [-0.15, -0.1) is 0 Å². The highest BCUT2D eigenvalue weighted by atomic mass is 16.5. The number of carboxylic acid groups (broad SMARTS) is 1. The van der Waals surface area contributed by atoms with Crippen LogP contribution in [0.4, 0.5) is 0 Å². The smallest absolute Gasteiger partial charge is 0.306 e. The molecule has 0 unspecified atom stereocenters. The molecule has 0 saturated heterocycles. The van der Waals surface area contributed by atoms with E-state index in [1.54, 1.807) is 6.92 Å². The second-order valence-electron chi connectivity index (χ2n) is 4.02. The predicted octanol–water partition coefficient (Wildman–Crippen LogP) is 2.20. The summed E-state index contributed by atoms with van der Waals surface area (Å²) in [5.74, 6) is -0.978. The Morgan fingerprint density at radius 3 is 2.00 bits per heavy atom. The summed E-state index contributed by atoms with van der Waals surface area (Å²) in [4.78, 5) is 21.6. The first kappa shape index (κ1) is 14.2. The van der Waals surface area contributed by atoms with E-state index in [1.807, 2.05) is 24.3 Å². The molecule has 0 amide bonds. The van der Waals surface area contributed by atoms with Gasteiger partial charge in [-0.3, -0.25) is 9.59 Å². The molecule has 0 atom stereocenters. The van der Waals surface area contributed by atoms with Crippen LogP contribution in [0.15, 0.2) is 24.3 Å². The van der Waals surface area contributed by atoms with Crippen molar-refractivity contribution in [2.75, 3.05) is 6.61 Å². The third-order valence-corrected chi connectivity index (χ3v) is 2.57. The van der Waals surface area contributed by atoms with Gasteiger partial charge in [-0.1, -0.05) is 24.3 Å². The number of ether oxygens (including phenoxy) is 1. The molecular weight excluding hydrogens is 232 g/mol. The molecule has 0 saturated carbocycles. The maximum Gasteiger partial charge on any atom is 0.306 e. The Kier molecular flexibility index (Phi) is 5.91. The van der Waals surface area contributed by atoms with Crippen molar-refractivity contribution in [3.8, 4) is 0 Å². The van der Waals surface area contributed by atoms with Gasteiger partial charge in [0.25, 0.3) is 0 Å². The Labute approximate surface area is 107 Å². The molecule has 1 aromatic carbocycles. The van der Waals surface area contributed by atoms with Gasteiger partial charge >= 0.3 is 11.9 Å². The van der Waals surface area contributed by atoms with E-state index >= 15 is 0 Å². The van der Waals surface area contributed by atoms with Gasteiger partial charge in [0.2, 0.25) is 0 Å². The molecule has 0 aliphatic rings. The summed E-state index contributed by atoms with van der Waals surface area (Å²) < 4.78 is 4.85. The molecule has 18 heavy (non-hydrogen) atoms. The first-order valence-electron chi connectivity index (χ1n) is 6.07. The maximum atomic E-state index is 11.2. The summed E-state index contributed by atoms with van der Waals surface area (Å²) in [7, 11) is 0. The number of carbonyl (C=O) groups excluding carboxylic acids is 1. The van der Waals surface area contributed by atoms with Gasteiger partial charge in [0, 0.05) is 12.8 Å². The summed E-state index contributed by atoms with van der Waals surface area (Å²) >= 11 is 0. The van der Waals surface area contributed by atoms with Crippen LogP contribution >= 0.6 is 0 Å². The molecule has 1 rings (SSSR count). The van der Waals surface area contributed by atoms with Crippen molar-refractivity contribution in [1.82, 2.24) is 0 Å². The molecule has 0 aliphatic heterocycles. The summed E-state index contributed by atoms with van der Waals surface area (Å²) in [5, 5.41) is 8.57. The number of carboxylic acids is 1. The van der Waals surface area contributed by atoms with Crippen LogP contribution in [0.3, 0.4) is 0 Å². The maximum absolute atomic E-state index is 11.2. The van der Waals surface area contributed by atoms with Gasteiger partial charge < -0.3 is 9.84 Å². The third-order valence-electron chi connectivity index (χ3n) is 2.57. The SMILES string of the molecule is CCOC(=O)CCc1ccc(CCC(=O)O)cc1. The van der Waals surface area contributed by atoms with Crippen LogP contribution in [-0.4, -0.2) is 23.7 Å². The Balaban J connectivity index is 2.40. The number of aryl methyl sites for hydroxylation is 2. The number of benzene rings is 1. The van der Waals surface area contributed by atoms with Crippen LogP contribution in [0.25, 0.3) is 0 Å². The quantitative estimate of drug-likeness (QED) is 0.753. The van der Waals surface area contributed by atoms with Crippen molar-refractivity contribution in [3.05, 3.63) is 35.4 Å². The van der Waals surface area contributed by atoms with Crippen molar-refractivity contribution >= 4 is 11.9 Å². The second kappa shape index (κ2) is 7.48. The average Bonchev–Trinajstić information content (AvgIpc) is 2.35. The lowest BCUT2D eigenvalue weighted by atomic mass is 10.0. The van der Waals surface area contributed by atoms with Crippen LogP contribution < -0.4 is 0 Å². The van der Waals surface area contributed by atoms with E-state index < -0.39 is 5.97 Å². The summed E-state index contributed by atoms with van der Waals surface area (Å²) in [6.45, 7) is 2.20. The highest BCUT2D eigenvalue weighted by Gasteiger charge is 2.03. The number of hydrogen-bond donors (Lipinski definition) is 1. The number of aliphatic carboxylic acids is 1. The molecule has 98 valence electrons. The van der Waals surface area contributed by atoms with Crippen LogP contribution in [0, 0.1) is 0 Å². The Hall–Kier alpha value is -1.84. The lowest BCUT2D eigenvalue weighted by molar-refractivity contribution is -0.143. The van der Waals surface area contributed by atoms with Crippen LogP contribution in [-0.2, 0) is 27.2 Å². The van der Waals surface area contributed by atoms with Crippen molar-refractivity contribution in [2.45, 2.75) is 32.6 Å². The molecule has 0 aromatic heterocycles. The third kappa shape index (κ3) is 5.48. The van der Waals surface area contributed by atoms with E-state index in [4.69, 9.17) is 9.84 Å². The molecular formula is C14H18O4. The zero-order valence-corrected chi connectivity index (χ0v) is 10.5. The molecule has 0 heterocycles. The van der Waals surface area contributed by atoms with Gasteiger partial charge in [-0.05, 0) is 30.9 Å². The van der Waals surface area contributed by atoms with E-state index in [2.05, 4.69) is 0 Å². The first-order chi connectivity index (χ1) is 8.61. The van der Waals surface area contributed by atoms with Gasteiger partial charge in [0.1, 0.15) is 0 Å². The normalized spacial score (nSPS) is 10.1. The fourth-order valence-electron chi connectivity index (χ4n) is 1.60. The molecule has 0 fully saturated rings. The molecule has 4 heteroatoms. The molecule has 0 bridgehead atoms. The van der Waals surface area contributed by atoms with Crippen molar-refractivity contribution < 1.29 is 19.4 Å². The topological polar surface area (TPSA) is 63.6 Å². The Bertz CT molecular complexity index is 395. The first-order valence-corrected chi connectivity index (χ1v) is 6.07. The van der Waals surface area contributed by atoms with Crippen LogP contribution in [0.1, 0.15) is 30.9 Å². The minimum atomic E-state index is -0.790. The van der Waals surface area contributed by atoms with Gasteiger partial charge in [-0.25, -0.2) is 0 Å². The molecule has 0 radical (unpaired) electrons. The summed E-state index contributed by atoms with van der Waals surface area (Å²) in [5.41, 5.74) is 2.06. The zero-order valence-electron chi connectivity index (χ0n) is 10.5. The zero-order chi connectivity index (χ0) is 13.4. The number of esters is 1. The summed E-state index contributed by atoms with van der Waals surface area (Å²) in [6, 6.07) is 7.67. The standard InChI is InChI=1S/C14H18O4/c1-2-18-14(17)10-8-12-5-3-11(4-6-12)7-9-13(15)16/h3-6H,2,7-10H2,1H3,(H,15,16). The lowest BCUT2D eigenvalue weighted by Crippen LogP contribution is -2.05. The molecule has 4 nitrogen and oxygen atoms in total. The predicted molar refractivity (Wildman–Crippen MR) is 67.4 cm³/mol. The van der Waals surface area contributed by atoms with E-state index in [0.29, 0.717) is 25.9 Å². The summed E-state index contributed by atoms with van der Waals surface area (Å²) in [6.07, 6.45) is 1.70. The molecule has 1 aromatic rings. The number of carbonyl (C=O) groups is 2. The average molecular weight is 250 g/mol. The van der Waals surface area contributed by atoms with Gasteiger partial charge in [-0.2, -0.15) is 0 Å². The minimum Gasteiger partial charge on any atom is -0.481 e. The van der Waals surface area contributed by atoms with Crippen LogP contribution in [0.5, 0.6) is 0 Å². The van der Waals surface area contributed by atoms with E-state index in [1.165, 1.54) is 0 Å². The largest absolute Gasteiger partial charge is 0.481 e. The van der Waals surface area contributed by atoms with E-state index in [9.17, 15) is 9.59 Å². The van der Waals surface area contributed by atoms with Crippen molar-refractivity contribution in [1.29, 1.82) is 0 Å². The Morgan fingerprint density at radius 2 is 1.56 bits per heavy atom. The van der Waals surface area contributed by atoms with Crippen LogP contribution in [0.2, 0.25) is 0 Å². The van der Waals surface area contributed by atoms with E-state index in [0.717, 1.165) is 11.1 Å². The van der Waals surface area contributed by atoms with Crippen molar-refractivity contribution in [3.63, 3.8) is 0 Å². The monoisotopic (exact) mass is 250 g/mol. The number of rotatable bonds is 7. The Morgan fingerprint density at radius 1 is 1.06 bits per heavy atom. The number of hydrogen-bond acceptors (Lipinski definition) is 3. The fraction of sp³-hybridized carbons (Fsp3) is 0.429. The minimum absolute atomic E-state index is 0.141. The van der Waals surface area contributed by atoms with E-state index in [-0.39, 0.29) is 12.4 Å².